The minimum Gasteiger partial charge on any atom is -0.550 e. The Morgan fingerprint density at radius 3 is 2.14 bits per heavy atom. The van der Waals surface area contributed by atoms with Gasteiger partial charge in [-0.25, -0.2) is 0 Å². The zero-order valence-electron chi connectivity index (χ0n) is 8.32. The van der Waals surface area contributed by atoms with Gasteiger partial charge in [0.1, 0.15) is 6.10 Å². The van der Waals surface area contributed by atoms with E-state index in [1.54, 1.807) is 0 Å². The summed E-state index contributed by atoms with van der Waals surface area (Å²) in [7, 11) is 0. The summed E-state index contributed by atoms with van der Waals surface area (Å²) in [6.45, 7) is 3.23. The molecule has 0 aliphatic rings. The molecule has 1 unspecified atom stereocenters. The van der Waals surface area contributed by atoms with Crippen molar-refractivity contribution in [2.24, 2.45) is 0 Å². The van der Waals surface area contributed by atoms with Crippen LogP contribution in [0.4, 0.5) is 0 Å². The number of aliphatic carboxylic acids is 2. The van der Waals surface area contributed by atoms with Gasteiger partial charge in [-0.15, -0.1) is 6.58 Å². The molecule has 68 valence electrons. The van der Waals surface area contributed by atoms with Crippen molar-refractivity contribution in [3.8, 4) is 0 Å². The van der Waals surface area contributed by atoms with Crippen molar-refractivity contribution in [3.63, 3.8) is 0 Å². The molecule has 0 aliphatic carbocycles. The van der Waals surface area contributed by atoms with Crippen LogP contribution in [0.2, 0.25) is 0 Å². The first-order chi connectivity index (χ1) is 5.57. The summed E-state index contributed by atoms with van der Waals surface area (Å²) in [5.41, 5.74) is 0. The van der Waals surface area contributed by atoms with E-state index >= 15 is 0 Å². The first kappa shape index (κ1) is 20.1. The second-order valence-electron chi connectivity index (χ2n) is 2.01. The number of hydrogen-bond acceptors (Lipinski definition) is 5. The zero-order chi connectivity index (χ0) is 9.56. The van der Waals surface area contributed by atoms with E-state index in [1.807, 2.05) is 0 Å². The first-order valence-electron chi connectivity index (χ1n) is 3.21. The van der Waals surface area contributed by atoms with Crippen molar-refractivity contribution < 1.29 is 83.7 Å². The van der Waals surface area contributed by atoms with E-state index in [4.69, 9.17) is 0 Å². The molecule has 0 aromatic carbocycles. The average molecular weight is 218 g/mol. The van der Waals surface area contributed by atoms with Crippen molar-refractivity contribution in [1.82, 2.24) is 0 Å². The molecular weight excluding hydrogens is 210 g/mol. The Kier molecular flexibility index (Phi) is 16.8. The van der Waals surface area contributed by atoms with Crippen LogP contribution < -0.4 is 69.3 Å². The molecule has 0 amide bonds. The van der Waals surface area contributed by atoms with E-state index in [1.165, 1.54) is 6.08 Å². The van der Waals surface area contributed by atoms with Gasteiger partial charge >= 0.3 is 59.1 Å². The van der Waals surface area contributed by atoms with Gasteiger partial charge in [0.05, 0.1) is 12.6 Å². The van der Waals surface area contributed by atoms with E-state index in [-0.39, 0.29) is 65.7 Å². The Hall–Kier alpha value is 0.640. The second-order valence-corrected chi connectivity index (χ2v) is 2.01. The molecule has 7 heteroatoms. The molecule has 1 atom stereocenters. The van der Waals surface area contributed by atoms with Crippen LogP contribution in [0.1, 0.15) is 6.42 Å². The Morgan fingerprint density at radius 1 is 1.36 bits per heavy atom. The number of rotatable bonds is 6. The molecular formula is C7H8Na2O5. The monoisotopic (exact) mass is 218 g/mol. The topological polar surface area (TPSA) is 89.5 Å². The summed E-state index contributed by atoms with van der Waals surface area (Å²) in [5.74, 6) is -3.06. The van der Waals surface area contributed by atoms with Crippen LogP contribution in [0.5, 0.6) is 0 Å². The van der Waals surface area contributed by atoms with Crippen molar-refractivity contribution >= 4 is 11.9 Å². The SMILES string of the molecule is C=CCOC(CC(=O)[O-])C(=O)[O-].[Na+].[Na+]. The van der Waals surface area contributed by atoms with Crippen molar-refractivity contribution in [1.29, 1.82) is 0 Å². The maximum absolute atomic E-state index is 10.2. The van der Waals surface area contributed by atoms with Crippen LogP contribution in [0, 0.1) is 0 Å². The maximum Gasteiger partial charge on any atom is 1.00 e. The van der Waals surface area contributed by atoms with Gasteiger partial charge in [-0.1, -0.05) is 6.08 Å². The van der Waals surface area contributed by atoms with Crippen LogP contribution in [0.25, 0.3) is 0 Å². The maximum atomic E-state index is 10.2. The summed E-state index contributed by atoms with van der Waals surface area (Å²) in [6.07, 6.45) is -0.866. The fraction of sp³-hybridized carbons (Fsp3) is 0.429. The first-order valence-corrected chi connectivity index (χ1v) is 3.21. The zero-order valence-corrected chi connectivity index (χ0v) is 12.3. The molecule has 0 saturated carbocycles. The van der Waals surface area contributed by atoms with Gasteiger partial charge in [0.25, 0.3) is 0 Å². The number of carbonyl (C=O) groups is 2. The van der Waals surface area contributed by atoms with Crippen molar-refractivity contribution in [3.05, 3.63) is 12.7 Å². The van der Waals surface area contributed by atoms with E-state index in [2.05, 4.69) is 11.3 Å². The molecule has 14 heavy (non-hydrogen) atoms. The molecule has 0 aromatic heterocycles. The van der Waals surface area contributed by atoms with Gasteiger partial charge in [0.15, 0.2) is 0 Å². The molecule has 5 nitrogen and oxygen atoms in total. The Labute approximate surface area is 126 Å². The molecule has 0 spiro atoms. The van der Waals surface area contributed by atoms with E-state index in [9.17, 15) is 19.8 Å². The fourth-order valence-corrected chi connectivity index (χ4v) is 0.546. The van der Waals surface area contributed by atoms with Crippen LogP contribution in [-0.2, 0) is 14.3 Å². The third-order valence-electron chi connectivity index (χ3n) is 1.03. The van der Waals surface area contributed by atoms with Gasteiger partial charge in [0.2, 0.25) is 0 Å². The molecule has 0 rings (SSSR count). The minimum absolute atomic E-state index is 0. The van der Waals surface area contributed by atoms with Gasteiger partial charge in [-0.3, -0.25) is 0 Å². The van der Waals surface area contributed by atoms with Gasteiger partial charge in [0, 0.05) is 12.4 Å². The third kappa shape index (κ3) is 10.7. The molecule has 0 saturated heterocycles. The van der Waals surface area contributed by atoms with E-state index in [0.717, 1.165) is 0 Å². The Morgan fingerprint density at radius 2 is 1.86 bits per heavy atom. The van der Waals surface area contributed by atoms with Gasteiger partial charge in [-0.2, -0.15) is 0 Å². The number of carboxylic acid groups (broad SMARTS) is 2. The largest absolute Gasteiger partial charge is 1.00 e. The number of hydrogen-bond donors (Lipinski definition) is 0. The second kappa shape index (κ2) is 11.7. The predicted molar refractivity (Wildman–Crippen MR) is 34.6 cm³/mol. The van der Waals surface area contributed by atoms with Gasteiger partial charge in [-0.05, 0) is 0 Å². The summed E-state index contributed by atoms with van der Waals surface area (Å²) < 4.78 is 4.56. The molecule has 0 aliphatic heterocycles. The summed E-state index contributed by atoms with van der Waals surface area (Å²) in [4.78, 5) is 20.1. The fourth-order valence-electron chi connectivity index (χ4n) is 0.546. The van der Waals surface area contributed by atoms with Crippen molar-refractivity contribution in [2.75, 3.05) is 6.61 Å². The number of carbonyl (C=O) groups excluding carboxylic acids is 2. The van der Waals surface area contributed by atoms with Crippen molar-refractivity contribution in [2.45, 2.75) is 12.5 Å². The smallest absolute Gasteiger partial charge is 0.550 e. The Balaban J connectivity index is -0.000000605. The van der Waals surface area contributed by atoms with Crippen LogP contribution in [-0.4, -0.2) is 24.6 Å². The Bertz CT molecular complexity index is 195. The van der Waals surface area contributed by atoms with E-state index in [0.29, 0.717) is 0 Å². The summed E-state index contributed by atoms with van der Waals surface area (Å²) >= 11 is 0. The molecule has 0 heterocycles. The molecule has 0 radical (unpaired) electrons. The standard InChI is InChI=1S/C7H10O5.2Na/c1-2-3-12-5(7(10)11)4-6(8)9;;/h2,5H,1,3-4H2,(H,8,9)(H,10,11);;/q;2*+1/p-2. The van der Waals surface area contributed by atoms with Crippen LogP contribution in [0.15, 0.2) is 12.7 Å². The molecule has 0 fully saturated rings. The quantitative estimate of drug-likeness (QED) is 0.326. The minimum atomic E-state index is -1.57. The normalized spacial score (nSPS) is 10.3. The molecule has 0 N–H and O–H groups in total. The van der Waals surface area contributed by atoms with Gasteiger partial charge < -0.3 is 24.5 Å². The van der Waals surface area contributed by atoms with Crippen LogP contribution >= 0.6 is 0 Å². The molecule has 0 aromatic rings. The van der Waals surface area contributed by atoms with Crippen LogP contribution in [0.3, 0.4) is 0 Å². The third-order valence-corrected chi connectivity index (χ3v) is 1.03. The molecule has 0 bridgehead atoms. The number of carboxylic acids is 2. The number of ether oxygens (including phenoxy) is 1. The predicted octanol–water partition coefficient (Wildman–Crippen LogP) is -8.54. The average Bonchev–Trinajstić information content (AvgIpc) is 1.96. The summed E-state index contributed by atoms with van der Waals surface area (Å²) in [5, 5.41) is 20.1. The summed E-state index contributed by atoms with van der Waals surface area (Å²) in [6, 6.07) is 0. The van der Waals surface area contributed by atoms with E-state index < -0.39 is 24.5 Å².